The van der Waals surface area contributed by atoms with Gasteiger partial charge < -0.3 is 0 Å². The fraction of sp³-hybridized carbons (Fsp3) is 0.538. The van der Waals surface area contributed by atoms with Gasteiger partial charge in [-0.3, -0.25) is 9.40 Å². The SMILES string of the molecule is CCn1cc(S(=O)(=O)Nc2nc3c(s2)CCCC3)c(C)n1. The summed E-state index contributed by atoms with van der Waals surface area (Å²) in [7, 11) is -3.62. The Bertz CT molecular complexity index is 738. The number of rotatable bonds is 4. The summed E-state index contributed by atoms with van der Waals surface area (Å²) in [6.07, 6.45) is 5.79. The van der Waals surface area contributed by atoms with Crippen molar-refractivity contribution in [3.05, 3.63) is 22.5 Å². The van der Waals surface area contributed by atoms with Crippen molar-refractivity contribution in [2.24, 2.45) is 0 Å². The second kappa shape index (κ2) is 5.42. The van der Waals surface area contributed by atoms with E-state index in [9.17, 15) is 8.42 Å². The zero-order valence-corrected chi connectivity index (χ0v) is 13.7. The smallest absolute Gasteiger partial charge is 0.267 e. The van der Waals surface area contributed by atoms with Crippen LogP contribution in [0.15, 0.2) is 11.1 Å². The topological polar surface area (TPSA) is 76.9 Å². The maximum Gasteiger partial charge on any atom is 0.267 e. The van der Waals surface area contributed by atoms with Crippen molar-refractivity contribution in [1.29, 1.82) is 0 Å². The van der Waals surface area contributed by atoms with Crippen LogP contribution in [0, 0.1) is 6.92 Å². The van der Waals surface area contributed by atoms with E-state index < -0.39 is 10.0 Å². The molecule has 0 spiro atoms. The van der Waals surface area contributed by atoms with E-state index in [4.69, 9.17) is 0 Å². The van der Waals surface area contributed by atoms with Crippen LogP contribution in [0.5, 0.6) is 0 Å². The minimum absolute atomic E-state index is 0.220. The van der Waals surface area contributed by atoms with E-state index in [1.54, 1.807) is 17.8 Å². The zero-order chi connectivity index (χ0) is 15.0. The first-order chi connectivity index (χ1) is 9.99. The molecule has 2 aromatic rings. The Balaban J connectivity index is 1.88. The van der Waals surface area contributed by atoms with Crippen molar-refractivity contribution in [1.82, 2.24) is 14.8 Å². The second-order valence-corrected chi connectivity index (χ2v) is 7.87. The largest absolute Gasteiger partial charge is 0.271 e. The normalized spacial score (nSPS) is 15.0. The molecule has 0 fully saturated rings. The van der Waals surface area contributed by atoms with E-state index in [2.05, 4.69) is 14.8 Å². The minimum Gasteiger partial charge on any atom is -0.271 e. The Kier molecular flexibility index (Phi) is 3.75. The average molecular weight is 326 g/mol. The predicted molar refractivity (Wildman–Crippen MR) is 82.2 cm³/mol. The van der Waals surface area contributed by atoms with Crippen molar-refractivity contribution in [3.8, 4) is 0 Å². The molecule has 0 saturated carbocycles. The van der Waals surface area contributed by atoms with Gasteiger partial charge in [0.1, 0.15) is 4.90 Å². The number of sulfonamides is 1. The van der Waals surface area contributed by atoms with Gasteiger partial charge >= 0.3 is 0 Å². The summed E-state index contributed by atoms with van der Waals surface area (Å²) in [5, 5.41) is 4.65. The molecule has 3 rings (SSSR count). The summed E-state index contributed by atoms with van der Waals surface area (Å²) in [4.78, 5) is 5.85. The molecule has 6 nitrogen and oxygen atoms in total. The number of anilines is 1. The summed E-state index contributed by atoms with van der Waals surface area (Å²) in [5.41, 5.74) is 1.55. The Hall–Kier alpha value is -1.41. The molecule has 0 aliphatic heterocycles. The number of hydrogen-bond acceptors (Lipinski definition) is 5. The Morgan fingerprint density at radius 2 is 2.14 bits per heavy atom. The Labute approximate surface area is 128 Å². The molecule has 1 aliphatic carbocycles. The highest BCUT2D eigenvalue weighted by Crippen LogP contribution is 2.31. The van der Waals surface area contributed by atoms with Gasteiger partial charge in [0, 0.05) is 17.6 Å². The summed E-state index contributed by atoms with van der Waals surface area (Å²) >= 11 is 1.45. The van der Waals surface area contributed by atoms with Crippen molar-refractivity contribution >= 4 is 26.5 Å². The van der Waals surface area contributed by atoms with Crippen molar-refractivity contribution in [3.63, 3.8) is 0 Å². The van der Waals surface area contributed by atoms with Crippen molar-refractivity contribution < 1.29 is 8.42 Å². The monoisotopic (exact) mass is 326 g/mol. The Morgan fingerprint density at radius 1 is 1.38 bits per heavy atom. The van der Waals surface area contributed by atoms with Crippen LogP contribution in [0.3, 0.4) is 0 Å². The standard InChI is InChI=1S/C13H18N4O2S2/c1-3-17-8-12(9(2)15-17)21(18,19)16-13-14-10-6-4-5-7-11(10)20-13/h8H,3-7H2,1-2H3,(H,14,16). The molecule has 0 unspecified atom stereocenters. The molecule has 0 bridgehead atoms. The van der Waals surface area contributed by atoms with E-state index in [1.165, 1.54) is 16.2 Å². The maximum atomic E-state index is 12.5. The van der Waals surface area contributed by atoms with E-state index in [0.29, 0.717) is 17.4 Å². The molecule has 2 heterocycles. The van der Waals surface area contributed by atoms with Gasteiger partial charge in [-0.1, -0.05) is 0 Å². The highest BCUT2D eigenvalue weighted by molar-refractivity contribution is 7.93. The zero-order valence-electron chi connectivity index (χ0n) is 12.1. The summed E-state index contributed by atoms with van der Waals surface area (Å²) in [6.45, 7) is 4.26. The van der Waals surface area contributed by atoms with Crippen molar-refractivity contribution in [2.75, 3.05) is 4.72 Å². The lowest BCUT2D eigenvalue weighted by Gasteiger charge is -2.06. The first kappa shape index (κ1) is 14.5. The molecule has 2 aromatic heterocycles. The van der Waals surface area contributed by atoms with Gasteiger partial charge in [-0.05, 0) is 39.5 Å². The summed E-state index contributed by atoms with van der Waals surface area (Å²) < 4.78 is 29.2. The number of nitrogens with zero attached hydrogens (tertiary/aromatic N) is 3. The number of aryl methyl sites for hydroxylation is 4. The fourth-order valence-corrected chi connectivity index (χ4v) is 4.96. The first-order valence-electron chi connectivity index (χ1n) is 7.05. The van der Waals surface area contributed by atoms with Crippen molar-refractivity contribution in [2.45, 2.75) is 51.0 Å². The number of nitrogens with one attached hydrogen (secondary N) is 1. The molecule has 0 atom stereocenters. The highest BCUT2D eigenvalue weighted by atomic mass is 32.2. The van der Waals surface area contributed by atoms with Crippen LogP contribution >= 0.6 is 11.3 Å². The third-order valence-corrected chi connectivity index (χ3v) is 6.23. The maximum absolute atomic E-state index is 12.5. The molecule has 0 radical (unpaired) electrons. The molecule has 0 saturated heterocycles. The average Bonchev–Trinajstić information content (AvgIpc) is 3.00. The van der Waals surface area contributed by atoms with Gasteiger partial charge in [-0.2, -0.15) is 5.10 Å². The van der Waals surface area contributed by atoms with Gasteiger partial charge in [0.15, 0.2) is 5.13 Å². The summed E-state index contributed by atoms with van der Waals surface area (Å²) in [5.74, 6) is 0. The number of aromatic nitrogens is 3. The second-order valence-electron chi connectivity index (χ2n) is 5.14. The molecule has 0 amide bonds. The van der Waals surface area contributed by atoms with Gasteiger partial charge in [0.05, 0.1) is 11.4 Å². The van der Waals surface area contributed by atoms with E-state index in [1.807, 2.05) is 6.92 Å². The number of hydrogen-bond donors (Lipinski definition) is 1. The quantitative estimate of drug-likeness (QED) is 0.935. The minimum atomic E-state index is -3.62. The van der Waals surface area contributed by atoms with E-state index >= 15 is 0 Å². The fourth-order valence-electron chi connectivity index (χ4n) is 2.49. The first-order valence-corrected chi connectivity index (χ1v) is 9.35. The van der Waals surface area contributed by atoms with Gasteiger partial charge in [-0.15, -0.1) is 11.3 Å². The molecule has 8 heteroatoms. The lowest BCUT2D eigenvalue weighted by molar-refractivity contribution is 0.600. The molecule has 1 N–H and O–H groups in total. The van der Waals surface area contributed by atoms with Crippen LogP contribution < -0.4 is 4.72 Å². The van der Waals surface area contributed by atoms with E-state index in [-0.39, 0.29) is 4.90 Å². The van der Waals surface area contributed by atoms with Crippen LogP contribution in [0.1, 0.15) is 36.0 Å². The molecule has 114 valence electrons. The van der Waals surface area contributed by atoms with Crippen LogP contribution in [0.25, 0.3) is 0 Å². The predicted octanol–water partition coefficient (Wildman–Crippen LogP) is 2.35. The van der Waals surface area contributed by atoms with Crippen LogP contribution in [-0.2, 0) is 29.4 Å². The van der Waals surface area contributed by atoms with E-state index in [0.717, 1.165) is 31.4 Å². The molecular formula is C13H18N4O2S2. The third kappa shape index (κ3) is 2.82. The lowest BCUT2D eigenvalue weighted by atomic mass is 10.0. The van der Waals surface area contributed by atoms with Gasteiger partial charge in [-0.25, -0.2) is 13.4 Å². The molecule has 21 heavy (non-hydrogen) atoms. The Morgan fingerprint density at radius 3 is 2.81 bits per heavy atom. The third-order valence-electron chi connectivity index (χ3n) is 3.58. The number of fused-ring (bicyclic) bond motifs is 1. The molecular weight excluding hydrogens is 308 g/mol. The van der Waals surface area contributed by atoms with Crippen LogP contribution in [0.4, 0.5) is 5.13 Å². The van der Waals surface area contributed by atoms with Crippen LogP contribution in [-0.4, -0.2) is 23.2 Å². The van der Waals surface area contributed by atoms with Gasteiger partial charge in [0.25, 0.3) is 10.0 Å². The molecule has 0 aromatic carbocycles. The van der Waals surface area contributed by atoms with Gasteiger partial charge in [0.2, 0.25) is 0 Å². The van der Waals surface area contributed by atoms with Crippen LogP contribution in [0.2, 0.25) is 0 Å². The summed E-state index contributed by atoms with van der Waals surface area (Å²) in [6, 6.07) is 0. The molecule has 1 aliphatic rings. The number of thiazole rings is 1. The lowest BCUT2D eigenvalue weighted by Crippen LogP contribution is -2.13. The highest BCUT2D eigenvalue weighted by Gasteiger charge is 2.23.